The molecule has 9 heteroatoms. The van der Waals surface area contributed by atoms with Crippen LogP contribution in [-0.4, -0.2) is 62.8 Å². The van der Waals surface area contributed by atoms with Crippen LogP contribution in [-0.2, 0) is 9.53 Å². The summed E-state index contributed by atoms with van der Waals surface area (Å²) < 4.78 is 5.58. The van der Waals surface area contributed by atoms with E-state index in [0.29, 0.717) is 18.4 Å². The van der Waals surface area contributed by atoms with Crippen molar-refractivity contribution in [3.63, 3.8) is 0 Å². The smallest absolute Gasteiger partial charge is 0.239 e. The Balaban J connectivity index is 1.33. The maximum atomic E-state index is 12.4. The molecule has 2 fully saturated rings. The maximum Gasteiger partial charge on any atom is 0.239 e. The number of rotatable bonds is 4. The normalized spacial score (nSPS) is 21.8. The summed E-state index contributed by atoms with van der Waals surface area (Å²) in [6, 6.07) is 4.21. The van der Waals surface area contributed by atoms with E-state index >= 15 is 0 Å². The average molecular weight is 382 g/mol. The van der Waals surface area contributed by atoms with Crippen LogP contribution in [0.4, 0.5) is 5.82 Å². The SMILES string of the molecule is Cc1nnc(-c2cnc3cnc(NC(=O)CN4C[C@@H]5C[C@H]4CO5)cc3c2)s1. The molecule has 0 spiro atoms. The third kappa shape index (κ3) is 3.29. The molecule has 2 atom stereocenters. The molecule has 2 bridgehead atoms. The van der Waals surface area contributed by atoms with Crippen LogP contribution >= 0.6 is 11.3 Å². The molecule has 1 N–H and O–H groups in total. The third-order valence-electron chi connectivity index (χ3n) is 4.97. The van der Waals surface area contributed by atoms with Gasteiger partial charge < -0.3 is 10.1 Å². The van der Waals surface area contributed by atoms with Crippen LogP contribution in [0.15, 0.2) is 24.5 Å². The molecular formula is C18H18N6O2S. The van der Waals surface area contributed by atoms with E-state index in [2.05, 4.69) is 30.4 Å². The molecule has 138 valence electrons. The molecular weight excluding hydrogens is 364 g/mol. The highest BCUT2D eigenvalue weighted by molar-refractivity contribution is 7.14. The van der Waals surface area contributed by atoms with Crippen LogP contribution in [0.2, 0.25) is 0 Å². The lowest BCUT2D eigenvalue weighted by Crippen LogP contribution is -2.41. The molecule has 5 heterocycles. The number of carbonyl (C=O) groups excluding carboxylic acids is 1. The predicted octanol–water partition coefficient (Wildman–Crippen LogP) is 1.87. The van der Waals surface area contributed by atoms with Crippen molar-refractivity contribution in [2.45, 2.75) is 25.5 Å². The number of amides is 1. The van der Waals surface area contributed by atoms with Gasteiger partial charge in [0.15, 0.2) is 0 Å². The van der Waals surface area contributed by atoms with Crippen molar-refractivity contribution in [2.24, 2.45) is 0 Å². The molecule has 27 heavy (non-hydrogen) atoms. The molecule has 3 aromatic heterocycles. The number of carbonyl (C=O) groups is 1. The van der Waals surface area contributed by atoms with Crippen molar-refractivity contribution >= 4 is 34.0 Å². The highest BCUT2D eigenvalue weighted by atomic mass is 32.1. The molecule has 2 aliphatic heterocycles. The number of likely N-dealkylation sites (tertiary alicyclic amines) is 1. The van der Waals surface area contributed by atoms with Crippen LogP contribution < -0.4 is 5.32 Å². The Kier molecular flexibility index (Phi) is 4.07. The summed E-state index contributed by atoms with van der Waals surface area (Å²) in [6.07, 6.45) is 4.76. The lowest BCUT2D eigenvalue weighted by Gasteiger charge is -2.25. The molecule has 0 aromatic carbocycles. The van der Waals surface area contributed by atoms with Crippen LogP contribution in [0.3, 0.4) is 0 Å². The molecule has 0 unspecified atom stereocenters. The van der Waals surface area contributed by atoms with Gasteiger partial charge in [0.1, 0.15) is 15.8 Å². The Morgan fingerprint density at radius 2 is 2.26 bits per heavy atom. The zero-order valence-electron chi connectivity index (χ0n) is 14.8. The van der Waals surface area contributed by atoms with Gasteiger partial charge >= 0.3 is 0 Å². The van der Waals surface area contributed by atoms with E-state index < -0.39 is 0 Å². The van der Waals surface area contributed by atoms with Crippen molar-refractivity contribution in [3.8, 4) is 10.6 Å². The summed E-state index contributed by atoms with van der Waals surface area (Å²) >= 11 is 1.52. The van der Waals surface area contributed by atoms with Crippen molar-refractivity contribution in [1.29, 1.82) is 0 Å². The van der Waals surface area contributed by atoms with E-state index in [1.807, 2.05) is 19.1 Å². The molecule has 2 aliphatic rings. The first-order valence-electron chi connectivity index (χ1n) is 8.86. The number of aromatic nitrogens is 4. The van der Waals surface area contributed by atoms with Gasteiger partial charge in [-0.25, -0.2) is 4.98 Å². The summed E-state index contributed by atoms with van der Waals surface area (Å²) in [7, 11) is 0. The second-order valence-corrected chi connectivity index (χ2v) is 8.12. The summed E-state index contributed by atoms with van der Waals surface area (Å²) in [6.45, 7) is 3.85. The second kappa shape index (κ2) is 6.59. The van der Waals surface area contributed by atoms with Gasteiger partial charge in [-0.3, -0.25) is 14.7 Å². The van der Waals surface area contributed by atoms with Crippen LogP contribution in [0.5, 0.6) is 0 Å². The van der Waals surface area contributed by atoms with Crippen LogP contribution in [0.1, 0.15) is 11.4 Å². The average Bonchev–Trinajstić information content (AvgIpc) is 3.38. The Labute approximate surface area is 159 Å². The first kappa shape index (κ1) is 16.7. The van der Waals surface area contributed by atoms with Gasteiger partial charge in [-0.2, -0.15) is 0 Å². The minimum absolute atomic E-state index is 0.0572. The second-order valence-electron chi connectivity index (χ2n) is 6.93. The van der Waals surface area contributed by atoms with Gasteiger partial charge in [0, 0.05) is 29.7 Å². The fourth-order valence-corrected chi connectivity index (χ4v) is 4.34. The number of hydrogen-bond acceptors (Lipinski definition) is 8. The lowest BCUT2D eigenvalue weighted by atomic mass is 10.2. The molecule has 8 nitrogen and oxygen atoms in total. The van der Waals surface area contributed by atoms with Crippen LogP contribution in [0, 0.1) is 6.92 Å². The fourth-order valence-electron chi connectivity index (χ4n) is 3.67. The summed E-state index contributed by atoms with van der Waals surface area (Å²) in [5.41, 5.74) is 1.68. The standard InChI is InChI=1S/C18H18N6O2S/c1-10-22-23-18(27-10)12-2-11-3-16(20-6-15(11)19-5-12)21-17(25)8-24-7-14-4-13(24)9-26-14/h2-3,5-6,13-14H,4,7-9H2,1H3,(H,20,21,25)/t13-,14-/m0/s1. The topological polar surface area (TPSA) is 93.1 Å². The number of nitrogens with zero attached hydrogens (tertiary/aromatic N) is 5. The number of ether oxygens (including phenoxy) is 1. The van der Waals surface area contributed by atoms with Gasteiger partial charge in [0.25, 0.3) is 0 Å². The van der Waals surface area contributed by atoms with Crippen molar-refractivity contribution in [2.75, 3.05) is 25.0 Å². The summed E-state index contributed by atoms with van der Waals surface area (Å²) in [5, 5.41) is 13.8. The maximum absolute atomic E-state index is 12.4. The van der Waals surface area contributed by atoms with Gasteiger partial charge in [0.05, 0.1) is 31.0 Å². The van der Waals surface area contributed by atoms with E-state index in [-0.39, 0.29) is 12.0 Å². The van der Waals surface area contributed by atoms with Gasteiger partial charge in [-0.1, -0.05) is 11.3 Å². The first-order chi connectivity index (χ1) is 13.1. The molecule has 2 saturated heterocycles. The molecule has 3 aromatic rings. The molecule has 0 aliphatic carbocycles. The monoisotopic (exact) mass is 382 g/mol. The zero-order valence-corrected chi connectivity index (χ0v) is 15.6. The van der Waals surface area contributed by atoms with Crippen molar-refractivity contribution in [1.82, 2.24) is 25.1 Å². The van der Waals surface area contributed by atoms with E-state index in [9.17, 15) is 4.79 Å². The van der Waals surface area contributed by atoms with Gasteiger partial charge in [-0.05, 0) is 25.5 Å². The number of pyridine rings is 2. The Morgan fingerprint density at radius 1 is 1.33 bits per heavy atom. The van der Waals surface area contributed by atoms with Gasteiger partial charge in [-0.15, -0.1) is 10.2 Å². The minimum atomic E-state index is -0.0572. The van der Waals surface area contributed by atoms with Crippen molar-refractivity contribution < 1.29 is 9.53 Å². The number of fused-ring (bicyclic) bond motifs is 3. The number of anilines is 1. The number of hydrogen-bond donors (Lipinski definition) is 1. The summed E-state index contributed by atoms with van der Waals surface area (Å²) in [4.78, 5) is 23.3. The fraction of sp³-hybridized carbons (Fsp3) is 0.389. The Morgan fingerprint density at radius 3 is 3.00 bits per heavy atom. The Bertz CT molecular complexity index is 1020. The van der Waals surface area contributed by atoms with E-state index in [4.69, 9.17) is 4.74 Å². The molecule has 0 radical (unpaired) electrons. The highest BCUT2D eigenvalue weighted by Gasteiger charge is 2.39. The Hall–Kier alpha value is -2.49. The number of aryl methyl sites for hydroxylation is 1. The number of morpholine rings is 1. The quantitative estimate of drug-likeness (QED) is 0.736. The van der Waals surface area contributed by atoms with Crippen LogP contribution in [0.25, 0.3) is 21.5 Å². The van der Waals surface area contributed by atoms with Gasteiger partial charge in [0.2, 0.25) is 5.91 Å². The van der Waals surface area contributed by atoms with Crippen molar-refractivity contribution in [3.05, 3.63) is 29.5 Å². The minimum Gasteiger partial charge on any atom is -0.375 e. The zero-order chi connectivity index (χ0) is 18.4. The largest absolute Gasteiger partial charge is 0.375 e. The van der Waals surface area contributed by atoms with E-state index in [1.54, 1.807) is 12.4 Å². The molecule has 5 rings (SSSR count). The summed E-state index contributed by atoms with van der Waals surface area (Å²) in [5.74, 6) is 0.471. The third-order valence-corrected chi connectivity index (χ3v) is 5.86. The molecule has 1 amide bonds. The van der Waals surface area contributed by atoms with E-state index in [1.165, 1.54) is 11.3 Å². The highest BCUT2D eigenvalue weighted by Crippen LogP contribution is 2.28. The molecule has 0 saturated carbocycles. The number of nitrogens with one attached hydrogen (secondary N) is 1. The van der Waals surface area contributed by atoms with E-state index in [0.717, 1.165) is 46.1 Å². The first-order valence-corrected chi connectivity index (χ1v) is 9.67. The predicted molar refractivity (Wildman–Crippen MR) is 102 cm³/mol. The lowest BCUT2D eigenvalue weighted by molar-refractivity contribution is -0.118.